The fourth-order valence-electron chi connectivity index (χ4n) is 3.34. The van der Waals surface area contributed by atoms with Crippen molar-refractivity contribution >= 4 is 28.5 Å². The quantitative estimate of drug-likeness (QED) is 0.495. The van der Waals surface area contributed by atoms with Gasteiger partial charge in [0.05, 0.1) is 17.3 Å². The number of imidazole rings is 1. The van der Waals surface area contributed by atoms with Crippen molar-refractivity contribution in [1.82, 2.24) is 14.9 Å². The summed E-state index contributed by atoms with van der Waals surface area (Å²) in [5.41, 5.74) is 3.53. The minimum absolute atomic E-state index is 0.135. The number of rotatable bonds is 7. The van der Waals surface area contributed by atoms with Crippen molar-refractivity contribution in [1.29, 1.82) is 0 Å². The third-order valence-electron chi connectivity index (χ3n) is 4.72. The van der Waals surface area contributed by atoms with Crippen molar-refractivity contribution in [3.8, 4) is 0 Å². The second-order valence-corrected chi connectivity index (χ2v) is 7.00. The molecule has 4 aromatic rings. The van der Waals surface area contributed by atoms with Gasteiger partial charge < -0.3 is 19.6 Å². The summed E-state index contributed by atoms with van der Waals surface area (Å²) in [5.74, 6) is 0.584. The van der Waals surface area contributed by atoms with Crippen molar-refractivity contribution in [2.45, 2.75) is 19.9 Å². The number of hydrogen-bond donors (Lipinski definition) is 2. The van der Waals surface area contributed by atoms with Gasteiger partial charge in [-0.2, -0.15) is 0 Å². The van der Waals surface area contributed by atoms with Crippen LogP contribution in [0.1, 0.15) is 21.9 Å². The standard InChI is InChI=1S/C23H22N4O3/c1-16-6-4-7-17(14-16)25-22(28)15-27-19-9-3-2-8-18(19)26-21(27)11-12-24-23(29)20-10-5-13-30-20/h2-10,13-14H,11-12,15H2,1H3,(H,24,29)(H,25,28). The van der Waals surface area contributed by atoms with Crippen LogP contribution in [0, 0.1) is 6.92 Å². The van der Waals surface area contributed by atoms with Crippen LogP contribution in [0.3, 0.4) is 0 Å². The first-order chi connectivity index (χ1) is 14.6. The molecule has 2 amide bonds. The molecule has 0 bridgehead atoms. The van der Waals surface area contributed by atoms with Gasteiger partial charge in [0, 0.05) is 18.7 Å². The summed E-state index contributed by atoms with van der Waals surface area (Å²) in [7, 11) is 0. The second kappa shape index (κ2) is 8.65. The first-order valence-electron chi connectivity index (χ1n) is 9.72. The molecule has 152 valence electrons. The highest BCUT2D eigenvalue weighted by Crippen LogP contribution is 2.17. The Morgan fingerprint density at radius 2 is 1.93 bits per heavy atom. The first-order valence-corrected chi connectivity index (χ1v) is 9.72. The Balaban J connectivity index is 1.48. The lowest BCUT2D eigenvalue weighted by Gasteiger charge is -2.11. The van der Waals surface area contributed by atoms with E-state index in [1.165, 1.54) is 6.26 Å². The summed E-state index contributed by atoms with van der Waals surface area (Å²) < 4.78 is 6.99. The van der Waals surface area contributed by atoms with Gasteiger partial charge in [0.15, 0.2) is 5.76 Å². The third kappa shape index (κ3) is 4.41. The van der Waals surface area contributed by atoms with Gasteiger partial charge in [-0.05, 0) is 48.9 Å². The predicted octanol–water partition coefficient (Wildman–Crippen LogP) is 3.55. The molecule has 4 rings (SSSR count). The zero-order chi connectivity index (χ0) is 20.9. The maximum absolute atomic E-state index is 12.7. The van der Waals surface area contributed by atoms with Crippen molar-refractivity contribution in [3.05, 3.63) is 84.1 Å². The molecule has 30 heavy (non-hydrogen) atoms. The molecule has 2 aromatic heterocycles. The van der Waals surface area contributed by atoms with Crippen LogP contribution >= 0.6 is 0 Å². The molecule has 0 saturated heterocycles. The molecule has 0 saturated carbocycles. The molecule has 0 aliphatic heterocycles. The molecule has 0 aliphatic rings. The molecular weight excluding hydrogens is 380 g/mol. The van der Waals surface area contributed by atoms with Gasteiger partial charge in [-0.15, -0.1) is 0 Å². The zero-order valence-corrected chi connectivity index (χ0v) is 16.6. The molecule has 0 unspecified atom stereocenters. The van der Waals surface area contributed by atoms with Crippen LogP contribution in [0.5, 0.6) is 0 Å². The molecule has 2 N–H and O–H groups in total. The number of furan rings is 1. The number of fused-ring (bicyclic) bond motifs is 1. The number of aromatic nitrogens is 2. The van der Waals surface area contributed by atoms with E-state index in [4.69, 9.17) is 4.42 Å². The van der Waals surface area contributed by atoms with Crippen molar-refractivity contribution in [3.63, 3.8) is 0 Å². The summed E-state index contributed by atoms with van der Waals surface area (Å²) in [6.07, 6.45) is 1.94. The Hall–Kier alpha value is -3.87. The molecular formula is C23H22N4O3. The molecule has 7 heteroatoms. The number of aryl methyl sites for hydroxylation is 1. The van der Waals surface area contributed by atoms with Crippen LogP contribution in [0.4, 0.5) is 5.69 Å². The number of carbonyl (C=O) groups excluding carboxylic acids is 2. The van der Waals surface area contributed by atoms with E-state index >= 15 is 0 Å². The molecule has 0 fully saturated rings. The summed E-state index contributed by atoms with van der Waals surface area (Å²) in [5, 5.41) is 5.75. The lowest BCUT2D eigenvalue weighted by Crippen LogP contribution is -2.27. The fourth-order valence-corrected chi connectivity index (χ4v) is 3.34. The zero-order valence-electron chi connectivity index (χ0n) is 16.6. The maximum atomic E-state index is 12.7. The highest BCUT2D eigenvalue weighted by atomic mass is 16.3. The van der Waals surface area contributed by atoms with E-state index < -0.39 is 0 Å². The predicted molar refractivity (Wildman–Crippen MR) is 114 cm³/mol. The summed E-state index contributed by atoms with van der Waals surface area (Å²) >= 11 is 0. The van der Waals surface area contributed by atoms with E-state index in [2.05, 4.69) is 15.6 Å². The Labute approximate surface area is 173 Å². The van der Waals surface area contributed by atoms with Gasteiger partial charge in [0.1, 0.15) is 12.4 Å². The maximum Gasteiger partial charge on any atom is 0.286 e. The number of amides is 2. The highest BCUT2D eigenvalue weighted by molar-refractivity contribution is 5.92. The van der Waals surface area contributed by atoms with Crippen LogP contribution in [0.2, 0.25) is 0 Å². The summed E-state index contributed by atoms with van der Waals surface area (Å²) in [4.78, 5) is 29.4. The SMILES string of the molecule is Cc1cccc(NC(=O)Cn2c(CCNC(=O)c3ccco3)nc3ccccc32)c1. The first kappa shape index (κ1) is 19.4. The number of benzene rings is 2. The summed E-state index contributed by atoms with van der Waals surface area (Å²) in [6.45, 7) is 2.49. The normalized spacial score (nSPS) is 10.8. The number of nitrogens with zero attached hydrogens (tertiary/aromatic N) is 2. The monoisotopic (exact) mass is 402 g/mol. The number of carbonyl (C=O) groups is 2. The molecule has 0 aliphatic carbocycles. The third-order valence-corrected chi connectivity index (χ3v) is 4.72. The molecule has 2 heterocycles. The molecule has 0 atom stereocenters. The Morgan fingerprint density at radius 3 is 2.73 bits per heavy atom. The molecule has 0 spiro atoms. The average Bonchev–Trinajstić information content (AvgIpc) is 3.37. The Morgan fingerprint density at radius 1 is 1.07 bits per heavy atom. The van der Waals surface area contributed by atoms with Crippen LogP contribution in [-0.4, -0.2) is 27.9 Å². The van der Waals surface area contributed by atoms with Gasteiger partial charge in [0.25, 0.3) is 5.91 Å². The van der Waals surface area contributed by atoms with E-state index in [0.717, 1.165) is 28.1 Å². The largest absolute Gasteiger partial charge is 0.459 e. The van der Waals surface area contributed by atoms with Crippen LogP contribution < -0.4 is 10.6 Å². The van der Waals surface area contributed by atoms with E-state index in [1.807, 2.05) is 60.0 Å². The highest BCUT2D eigenvalue weighted by Gasteiger charge is 2.15. The molecule has 0 radical (unpaired) electrons. The van der Waals surface area contributed by atoms with Crippen molar-refractivity contribution in [2.24, 2.45) is 0 Å². The molecule has 7 nitrogen and oxygen atoms in total. The minimum Gasteiger partial charge on any atom is -0.459 e. The average molecular weight is 402 g/mol. The minimum atomic E-state index is -0.278. The number of anilines is 1. The van der Waals surface area contributed by atoms with Crippen LogP contribution in [0.15, 0.2) is 71.3 Å². The van der Waals surface area contributed by atoms with Crippen LogP contribution in [-0.2, 0) is 17.8 Å². The van der Waals surface area contributed by atoms with Gasteiger partial charge in [-0.3, -0.25) is 9.59 Å². The van der Waals surface area contributed by atoms with Gasteiger partial charge in [0.2, 0.25) is 5.91 Å². The van der Waals surface area contributed by atoms with E-state index in [-0.39, 0.29) is 24.1 Å². The number of hydrogen-bond acceptors (Lipinski definition) is 4. The summed E-state index contributed by atoms with van der Waals surface area (Å²) in [6, 6.07) is 18.6. The molecule has 2 aromatic carbocycles. The van der Waals surface area contributed by atoms with Crippen molar-refractivity contribution in [2.75, 3.05) is 11.9 Å². The van der Waals surface area contributed by atoms with Gasteiger partial charge in [-0.25, -0.2) is 4.98 Å². The Kier molecular flexibility index (Phi) is 5.61. The van der Waals surface area contributed by atoms with E-state index in [9.17, 15) is 9.59 Å². The van der Waals surface area contributed by atoms with E-state index in [1.54, 1.807) is 12.1 Å². The lowest BCUT2D eigenvalue weighted by molar-refractivity contribution is -0.116. The lowest BCUT2D eigenvalue weighted by atomic mass is 10.2. The Bertz CT molecular complexity index is 1180. The van der Waals surface area contributed by atoms with Gasteiger partial charge >= 0.3 is 0 Å². The van der Waals surface area contributed by atoms with Gasteiger partial charge in [-0.1, -0.05) is 24.3 Å². The second-order valence-electron chi connectivity index (χ2n) is 7.00. The number of nitrogens with one attached hydrogen (secondary N) is 2. The van der Waals surface area contributed by atoms with E-state index in [0.29, 0.717) is 13.0 Å². The topological polar surface area (TPSA) is 89.2 Å². The van der Waals surface area contributed by atoms with Crippen LogP contribution in [0.25, 0.3) is 11.0 Å². The fraction of sp³-hybridized carbons (Fsp3) is 0.174. The smallest absolute Gasteiger partial charge is 0.286 e. The van der Waals surface area contributed by atoms with Crippen molar-refractivity contribution < 1.29 is 14.0 Å². The number of para-hydroxylation sites is 2.